The SMILES string of the molecule is CCC(C)C(C)Nc1nc(C)nc(NC)c1C. The van der Waals surface area contributed by atoms with Gasteiger partial charge in [-0.2, -0.15) is 0 Å². The van der Waals surface area contributed by atoms with E-state index in [0.717, 1.165) is 29.4 Å². The van der Waals surface area contributed by atoms with E-state index in [2.05, 4.69) is 41.4 Å². The second-order valence-electron chi connectivity index (χ2n) is 4.66. The lowest BCUT2D eigenvalue weighted by molar-refractivity contribution is 0.493. The Bertz CT molecular complexity index is 376. The van der Waals surface area contributed by atoms with Crippen molar-refractivity contribution in [2.24, 2.45) is 5.92 Å². The highest BCUT2D eigenvalue weighted by atomic mass is 15.1. The minimum atomic E-state index is 0.415. The number of aryl methyl sites for hydroxylation is 1. The quantitative estimate of drug-likeness (QED) is 0.825. The number of aromatic nitrogens is 2. The molecule has 2 atom stereocenters. The number of nitrogens with zero attached hydrogens (tertiary/aromatic N) is 2. The molecule has 2 N–H and O–H groups in total. The molecule has 0 aromatic carbocycles. The number of anilines is 2. The number of rotatable bonds is 5. The molecule has 0 aliphatic heterocycles. The maximum absolute atomic E-state index is 4.48. The Labute approximate surface area is 104 Å². The fraction of sp³-hybridized carbons (Fsp3) is 0.692. The van der Waals surface area contributed by atoms with Gasteiger partial charge in [0, 0.05) is 18.7 Å². The van der Waals surface area contributed by atoms with E-state index in [1.807, 2.05) is 20.9 Å². The molecule has 2 unspecified atom stereocenters. The highest BCUT2D eigenvalue weighted by Crippen LogP contribution is 2.21. The van der Waals surface area contributed by atoms with Crippen molar-refractivity contribution in [3.8, 4) is 0 Å². The van der Waals surface area contributed by atoms with Crippen LogP contribution < -0.4 is 10.6 Å². The first kappa shape index (κ1) is 13.7. The fourth-order valence-corrected chi connectivity index (χ4v) is 1.72. The summed E-state index contributed by atoms with van der Waals surface area (Å²) in [5.41, 5.74) is 1.08. The van der Waals surface area contributed by atoms with Gasteiger partial charge in [0.1, 0.15) is 17.5 Å². The molecule has 0 spiro atoms. The molecule has 1 rings (SSSR count). The van der Waals surface area contributed by atoms with Gasteiger partial charge in [-0.3, -0.25) is 0 Å². The third-order valence-electron chi connectivity index (χ3n) is 3.36. The van der Waals surface area contributed by atoms with Crippen LogP contribution in [0.25, 0.3) is 0 Å². The van der Waals surface area contributed by atoms with Crippen molar-refractivity contribution in [1.29, 1.82) is 0 Å². The van der Waals surface area contributed by atoms with Gasteiger partial charge in [-0.15, -0.1) is 0 Å². The summed E-state index contributed by atoms with van der Waals surface area (Å²) in [6.07, 6.45) is 1.16. The van der Waals surface area contributed by atoms with Crippen LogP contribution in [0.2, 0.25) is 0 Å². The van der Waals surface area contributed by atoms with E-state index in [1.165, 1.54) is 0 Å². The van der Waals surface area contributed by atoms with E-state index in [0.29, 0.717) is 12.0 Å². The molecule has 1 heterocycles. The van der Waals surface area contributed by atoms with E-state index in [4.69, 9.17) is 0 Å². The Morgan fingerprint density at radius 3 is 2.24 bits per heavy atom. The summed E-state index contributed by atoms with van der Waals surface area (Å²) in [5.74, 6) is 3.26. The fourth-order valence-electron chi connectivity index (χ4n) is 1.72. The Morgan fingerprint density at radius 2 is 1.71 bits per heavy atom. The van der Waals surface area contributed by atoms with Crippen LogP contribution in [0, 0.1) is 19.8 Å². The molecular weight excluding hydrogens is 212 g/mol. The second-order valence-corrected chi connectivity index (χ2v) is 4.66. The van der Waals surface area contributed by atoms with Crippen LogP contribution in [-0.2, 0) is 0 Å². The molecule has 0 radical (unpaired) electrons. The van der Waals surface area contributed by atoms with E-state index >= 15 is 0 Å². The van der Waals surface area contributed by atoms with Crippen LogP contribution in [0.4, 0.5) is 11.6 Å². The number of hydrogen-bond acceptors (Lipinski definition) is 4. The molecule has 0 fully saturated rings. The van der Waals surface area contributed by atoms with Crippen molar-refractivity contribution in [1.82, 2.24) is 9.97 Å². The highest BCUT2D eigenvalue weighted by Gasteiger charge is 2.14. The lowest BCUT2D eigenvalue weighted by atomic mass is 10.0. The largest absolute Gasteiger partial charge is 0.373 e. The van der Waals surface area contributed by atoms with Crippen molar-refractivity contribution in [3.05, 3.63) is 11.4 Å². The first-order valence-corrected chi connectivity index (χ1v) is 6.29. The lowest BCUT2D eigenvalue weighted by Gasteiger charge is -2.22. The predicted octanol–water partition coefficient (Wildman–Crippen LogP) is 2.98. The van der Waals surface area contributed by atoms with Gasteiger partial charge >= 0.3 is 0 Å². The van der Waals surface area contributed by atoms with Crippen LogP contribution in [-0.4, -0.2) is 23.1 Å². The topological polar surface area (TPSA) is 49.8 Å². The molecule has 1 aromatic heterocycles. The summed E-state index contributed by atoms with van der Waals surface area (Å²) in [6, 6.07) is 0.415. The van der Waals surface area contributed by atoms with Crippen molar-refractivity contribution >= 4 is 11.6 Å². The van der Waals surface area contributed by atoms with E-state index in [9.17, 15) is 0 Å². The monoisotopic (exact) mass is 236 g/mol. The van der Waals surface area contributed by atoms with Crippen LogP contribution in [0.15, 0.2) is 0 Å². The standard InChI is InChI=1S/C13H24N4/c1-7-8(2)10(4)15-13-9(3)12(14-6)16-11(5)17-13/h8,10H,7H2,1-6H3,(H2,14,15,16,17). The minimum absolute atomic E-state index is 0.415. The van der Waals surface area contributed by atoms with Crippen LogP contribution in [0.1, 0.15) is 38.6 Å². The van der Waals surface area contributed by atoms with Crippen molar-refractivity contribution in [3.63, 3.8) is 0 Å². The van der Waals surface area contributed by atoms with E-state index in [1.54, 1.807) is 0 Å². The molecule has 17 heavy (non-hydrogen) atoms. The first-order valence-electron chi connectivity index (χ1n) is 6.29. The maximum Gasteiger partial charge on any atom is 0.134 e. The third kappa shape index (κ3) is 3.32. The zero-order valence-corrected chi connectivity index (χ0v) is 11.8. The predicted molar refractivity (Wildman–Crippen MR) is 73.6 cm³/mol. The molecule has 96 valence electrons. The summed E-state index contributed by atoms with van der Waals surface area (Å²) in [4.78, 5) is 8.84. The average molecular weight is 236 g/mol. The van der Waals surface area contributed by atoms with Crippen molar-refractivity contribution in [2.75, 3.05) is 17.7 Å². The lowest BCUT2D eigenvalue weighted by Crippen LogP contribution is -2.24. The second kappa shape index (κ2) is 5.84. The average Bonchev–Trinajstić information content (AvgIpc) is 2.31. The van der Waals surface area contributed by atoms with Gasteiger partial charge in [0.15, 0.2) is 0 Å². The van der Waals surface area contributed by atoms with Crippen LogP contribution >= 0.6 is 0 Å². The molecule has 0 saturated heterocycles. The van der Waals surface area contributed by atoms with Crippen molar-refractivity contribution in [2.45, 2.75) is 47.1 Å². The van der Waals surface area contributed by atoms with Crippen LogP contribution in [0.5, 0.6) is 0 Å². The smallest absolute Gasteiger partial charge is 0.134 e. The molecule has 0 saturated carbocycles. The summed E-state index contributed by atoms with van der Waals surface area (Å²) in [6.45, 7) is 10.6. The number of hydrogen-bond donors (Lipinski definition) is 2. The molecule has 4 nitrogen and oxygen atoms in total. The highest BCUT2D eigenvalue weighted by molar-refractivity contribution is 5.57. The molecule has 4 heteroatoms. The normalized spacial score (nSPS) is 14.2. The maximum atomic E-state index is 4.48. The van der Waals surface area contributed by atoms with Gasteiger partial charge in [0.05, 0.1) is 0 Å². The van der Waals surface area contributed by atoms with E-state index in [-0.39, 0.29) is 0 Å². The Kier molecular flexibility index (Phi) is 4.73. The van der Waals surface area contributed by atoms with Gasteiger partial charge in [-0.1, -0.05) is 20.3 Å². The molecule has 0 aliphatic carbocycles. The zero-order valence-electron chi connectivity index (χ0n) is 11.8. The van der Waals surface area contributed by atoms with Gasteiger partial charge < -0.3 is 10.6 Å². The summed E-state index contributed by atoms with van der Waals surface area (Å²) < 4.78 is 0. The first-order chi connectivity index (χ1) is 7.99. The third-order valence-corrected chi connectivity index (χ3v) is 3.36. The Morgan fingerprint density at radius 1 is 1.12 bits per heavy atom. The summed E-state index contributed by atoms with van der Waals surface area (Å²) in [7, 11) is 1.89. The van der Waals surface area contributed by atoms with Gasteiger partial charge in [0.2, 0.25) is 0 Å². The molecule has 1 aromatic rings. The summed E-state index contributed by atoms with van der Waals surface area (Å²) in [5, 5.41) is 6.59. The van der Waals surface area contributed by atoms with Gasteiger partial charge in [-0.05, 0) is 26.7 Å². The molecule has 0 bridgehead atoms. The van der Waals surface area contributed by atoms with E-state index < -0.39 is 0 Å². The minimum Gasteiger partial charge on any atom is -0.373 e. The number of nitrogens with one attached hydrogen (secondary N) is 2. The van der Waals surface area contributed by atoms with Crippen molar-refractivity contribution < 1.29 is 0 Å². The van der Waals surface area contributed by atoms with Crippen LogP contribution in [0.3, 0.4) is 0 Å². The molecular formula is C13H24N4. The Balaban J connectivity index is 2.94. The zero-order chi connectivity index (χ0) is 13.0. The van der Waals surface area contributed by atoms with Gasteiger partial charge in [-0.25, -0.2) is 9.97 Å². The van der Waals surface area contributed by atoms with Gasteiger partial charge in [0.25, 0.3) is 0 Å². The molecule has 0 amide bonds. The summed E-state index contributed by atoms with van der Waals surface area (Å²) >= 11 is 0. The Hall–Kier alpha value is -1.32. The molecule has 0 aliphatic rings.